The quantitative estimate of drug-likeness (QED) is 0.763. The van der Waals surface area contributed by atoms with Gasteiger partial charge in [0.15, 0.2) is 11.5 Å². The van der Waals surface area contributed by atoms with Crippen molar-refractivity contribution in [3.05, 3.63) is 59.2 Å². The second-order valence-corrected chi connectivity index (χ2v) is 4.11. The van der Waals surface area contributed by atoms with Crippen molar-refractivity contribution in [3.63, 3.8) is 0 Å². The molecule has 1 aliphatic rings. The molecule has 0 N–H and O–H groups in total. The lowest BCUT2D eigenvalue weighted by Gasteiger charge is -1.99. The molecule has 0 saturated carbocycles. The summed E-state index contributed by atoms with van der Waals surface area (Å²) in [7, 11) is 0. The summed E-state index contributed by atoms with van der Waals surface area (Å²) in [6.07, 6.45) is 3.32. The van der Waals surface area contributed by atoms with E-state index in [4.69, 9.17) is 9.47 Å². The number of ether oxygens (including phenoxy) is 2. The number of halogens is 2. The fraction of sp³-hybridized carbons (Fsp3) is 0.0667. The Labute approximate surface area is 108 Å². The van der Waals surface area contributed by atoms with E-state index >= 15 is 0 Å². The number of benzene rings is 2. The van der Waals surface area contributed by atoms with Crippen molar-refractivity contribution < 1.29 is 18.3 Å². The first-order valence-corrected chi connectivity index (χ1v) is 5.75. The highest BCUT2D eigenvalue weighted by molar-refractivity contribution is 5.71. The molecule has 96 valence electrons. The SMILES string of the molecule is Fc1ccc(C=Cc2ccc3c(c2)OCO3)c(F)c1. The monoisotopic (exact) mass is 260 g/mol. The third-order valence-corrected chi connectivity index (χ3v) is 2.81. The highest BCUT2D eigenvalue weighted by Gasteiger charge is 2.12. The molecule has 2 aromatic carbocycles. The van der Waals surface area contributed by atoms with E-state index in [2.05, 4.69) is 0 Å². The van der Waals surface area contributed by atoms with Crippen molar-refractivity contribution in [2.45, 2.75) is 0 Å². The van der Waals surface area contributed by atoms with Crippen molar-refractivity contribution in [1.29, 1.82) is 0 Å². The van der Waals surface area contributed by atoms with Crippen LogP contribution in [0, 0.1) is 11.6 Å². The van der Waals surface area contributed by atoms with Gasteiger partial charge in [-0.1, -0.05) is 18.2 Å². The normalized spacial score (nSPS) is 13.2. The average Bonchev–Trinajstić information content (AvgIpc) is 2.85. The average molecular weight is 260 g/mol. The summed E-state index contributed by atoms with van der Waals surface area (Å²) in [5.74, 6) is 0.196. The van der Waals surface area contributed by atoms with Gasteiger partial charge in [0.1, 0.15) is 11.6 Å². The Kier molecular flexibility index (Phi) is 2.91. The van der Waals surface area contributed by atoms with Gasteiger partial charge in [-0.25, -0.2) is 8.78 Å². The Morgan fingerprint density at radius 2 is 1.74 bits per heavy atom. The minimum atomic E-state index is -0.586. The molecular weight excluding hydrogens is 250 g/mol. The van der Waals surface area contributed by atoms with Gasteiger partial charge in [-0.15, -0.1) is 0 Å². The van der Waals surface area contributed by atoms with Crippen LogP contribution >= 0.6 is 0 Å². The highest BCUT2D eigenvalue weighted by Crippen LogP contribution is 2.33. The first kappa shape index (κ1) is 11.7. The highest BCUT2D eigenvalue weighted by atomic mass is 19.1. The van der Waals surface area contributed by atoms with Crippen LogP contribution in [0.5, 0.6) is 11.5 Å². The number of hydrogen-bond acceptors (Lipinski definition) is 2. The summed E-state index contributed by atoms with van der Waals surface area (Å²) >= 11 is 0. The van der Waals surface area contributed by atoms with Crippen LogP contribution in [0.1, 0.15) is 11.1 Å². The second kappa shape index (κ2) is 4.72. The van der Waals surface area contributed by atoms with Crippen LogP contribution in [0.2, 0.25) is 0 Å². The first-order valence-electron chi connectivity index (χ1n) is 5.75. The Hall–Kier alpha value is -2.36. The lowest BCUT2D eigenvalue weighted by molar-refractivity contribution is 0.174. The zero-order valence-electron chi connectivity index (χ0n) is 9.90. The van der Waals surface area contributed by atoms with Crippen LogP contribution in [0.25, 0.3) is 12.2 Å². The Balaban J connectivity index is 1.86. The summed E-state index contributed by atoms with van der Waals surface area (Å²) in [6.45, 7) is 0.217. The van der Waals surface area contributed by atoms with Crippen molar-refractivity contribution in [2.24, 2.45) is 0 Å². The summed E-state index contributed by atoms with van der Waals surface area (Å²) in [4.78, 5) is 0. The van der Waals surface area contributed by atoms with Crippen LogP contribution in [0.4, 0.5) is 8.78 Å². The zero-order chi connectivity index (χ0) is 13.2. The summed E-state index contributed by atoms with van der Waals surface area (Å²) in [5.41, 5.74) is 1.19. The van der Waals surface area contributed by atoms with Gasteiger partial charge in [-0.05, 0) is 29.8 Å². The standard InChI is InChI=1S/C15H10F2O2/c16-12-5-4-11(13(17)8-12)3-1-10-2-6-14-15(7-10)19-9-18-14/h1-8H,9H2. The van der Waals surface area contributed by atoms with Crippen LogP contribution in [0.15, 0.2) is 36.4 Å². The minimum absolute atomic E-state index is 0.217. The van der Waals surface area contributed by atoms with Gasteiger partial charge in [0.25, 0.3) is 0 Å². The lowest BCUT2D eigenvalue weighted by atomic mass is 10.1. The molecule has 0 fully saturated rings. The summed E-state index contributed by atoms with van der Waals surface area (Å²) in [6, 6.07) is 8.92. The molecule has 1 aliphatic heterocycles. The van der Waals surface area contributed by atoms with Crippen molar-refractivity contribution in [3.8, 4) is 11.5 Å². The summed E-state index contributed by atoms with van der Waals surface area (Å²) in [5, 5.41) is 0. The van der Waals surface area contributed by atoms with Crippen molar-refractivity contribution in [1.82, 2.24) is 0 Å². The first-order chi connectivity index (χ1) is 9.22. The zero-order valence-corrected chi connectivity index (χ0v) is 9.90. The van der Waals surface area contributed by atoms with E-state index in [9.17, 15) is 8.78 Å². The molecule has 0 saturated heterocycles. The van der Waals surface area contributed by atoms with Crippen LogP contribution < -0.4 is 9.47 Å². The largest absolute Gasteiger partial charge is 0.454 e. The topological polar surface area (TPSA) is 18.5 Å². The fourth-order valence-electron chi connectivity index (χ4n) is 1.84. The molecule has 0 spiro atoms. The predicted molar refractivity (Wildman–Crippen MR) is 67.9 cm³/mol. The molecule has 2 aromatic rings. The van der Waals surface area contributed by atoms with E-state index in [1.807, 2.05) is 6.07 Å². The Morgan fingerprint density at radius 3 is 2.58 bits per heavy atom. The van der Waals surface area contributed by atoms with Gasteiger partial charge in [0, 0.05) is 11.6 Å². The molecule has 2 nitrogen and oxygen atoms in total. The molecule has 19 heavy (non-hydrogen) atoms. The second-order valence-electron chi connectivity index (χ2n) is 4.11. The molecule has 3 rings (SSSR count). The Bertz CT molecular complexity index is 651. The maximum atomic E-state index is 13.4. The number of rotatable bonds is 2. The van der Waals surface area contributed by atoms with Crippen molar-refractivity contribution in [2.75, 3.05) is 6.79 Å². The smallest absolute Gasteiger partial charge is 0.231 e. The van der Waals surface area contributed by atoms with Crippen molar-refractivity contribution >= 4 is 12.2 Å². The maximum Gasteiger partial charge on any atom is 0.231 e. The molecule has 0 bridgehead atoms. The van der Waals surface area contributed by atoms with E-state index in [0.29, 0.717) is 17.1 Å². The molecule has 0 radical (unpaired) electrons. The van der Waals surface area contributed by atoms with Gasteiger partial charge in [0.2, 0.25) is 6.79 Å². The third-order valence-electron chi connectivity index (χ3n) is 2.81. The van der Waals surface area contributed by atoms with E-state index < -0.39 is 11.6 Å². The number of fused-ring (bicyclic) bond motifs is 1. The molecule has 0 amide bonds. The number of hydrogen-bond donors (Lipinski definition) is 0. The predicted octanol–water partition coefficient (Wildman–Crippen LogP) is 3.86. The van der Waals surface area contributed by atoms with Crippen LogP contribution in [0.3, 0.4) is 0 Å². The molecule has 0 aliphatic carbocycles. The molecule has 1 heterocycles. The van der Waals surface area contributed by atoms with Gasteiger partial charge in [0.05, 0.1) is 0 Å². The van der Waals surface area contributed by atoms with E-state index in [-0.39, 0.29) is 6.79 Å². The van der Waals surface area contributed by atoms with E-state index in [0.717, 1.165) is 11.6 Å². The van der Waals surface area contributed by atoms with E-state index in [1.165, 1.54) is 12.1 Å². The molecule has 0 aromatic heterocycles. The minimum Gasteiger partial charge on any atom is -0.454 e. The molecule has 4 heteroatoms. The van der Waals surface area contributed by atoms with Crippen LogP contribution in [-0.2, 0) is 0 Å². The molecule has 0 atom stereocenters. The molecular formula is C15H10F2O2. The fourth-order valence-corrected chi connectivity index (χ4v) is 1.84. The lowest BCUT2D eigenvalue weighted by Crippen LogP contribution is -1.92. The van der Waals surface area contributed by atoms with Gasteiger partial charge in [-0.3, -0.25) is 0 Å². The van der Waals surface area contributed by atoms with Crippen LogP contribution in [-0.4, -0.2) is 6.79 Å². The van der Waals surface area contributed by atoms with Gasteiger partial charge >= 0.3 is 0 Å². The molecule has 0 unspecified atom stereocenters. The van der Waals surface area contributed by atoms with E-state index in [1.54, 1.807) is 24.3 Å². The third kappa shape index (κ3) is 2.42. The summed E-state index contributed by atoms with van der Waals surface area (Å²) < 4.78 is 36.7. The maximum absolute atomic E-state index is 13.4. The van der Waals surface area contributed by atoms with Gasteiger partial charge < -0.3 is 9.47 Å². The Morgan fingerprint density at radius 1 is 0.895 bits per heavy atom. The van der Waals surface area contributed by atoms with Gasteiger partial charge in [-0.2, -0.15) is 0 Å².